The molecule has 11 aromatic rings. The number of rotatable bonds is 5. The Hall–Kier alpha value is -7.11. The fraction of sp³-hybridized carbons (Fsp3) is 0. The molecule has 8 aromatic carbocycles. The van der Waals surface area contributed by atoms with Gasteiger partial charge in [0.25, 0.3) is 0 Å². The first kappa shape index (κ1) is 28.7. The molecule has 0 spiro atoms. The fourth-order valence-corrected chi connectivity index (χ4v) is 7.79. The average molecular weight is 668 g/mol. The van der Waals surface area contributed by atoms with Crippen molar-refractivity contribution in [2.75, 3.05) is 4.90 Å². The predicted octanol–water partition coefficient (Wildman–Crippen LogP) is 13.1. The number of benzene rings is 8. The fourth-order valence-electron chi connectivity index (χ4n) is 7.79. The molecule has 0 aliphatic heterocycles. The molecule has 5 heteroatoms. The molecule has 0 amide bonds. The van der Waals surface area contributed by atoms with E-state index in [-0.39, 0.29) is 0 Å². The molecule has 0 saturated carbocycles. The van der Waals surface area contributed by atoms with Gasteiger partial charge in [0.05, 0.1) is 11.0 Å². The molecule has 0 radical (unpaired) electrons. The van der Waals surface area contributed by atoms with E-state index in [2.05, 4.69) is 155 Å². The number of furan rings is 1. The number of para-hydroxylation sites is 3. The summed E-state index contributed by atoms with van der Waals surface area (Å²) in [6, 6.07) is 61.5. The van der Waals surface area contributed by atoms with Crippen LogP contribution in [0.1, 0.15) is 0 Å². The second-order valence-corrected chi connectivity index (χ2v) is 13.2. The quantitative estimate of drug-likeness (QED) is 0.183. The normalized spacial score (nSPS) is 11.8. The van der Waals surface area contributed by atoms with Gasteiger partial charge in [0.1, 0.15) is 16.7 Å². The number of hydrogen-bond acceptors (Lipinski definition) is 4. The van der Waals surface area contributed by atoms with E-state index < -0.39 is 0 Å². The second kappa shape index (κ2) is 11.2. The van der Waals surface area contributed by atoms with E-state index in [1.807, 2.05) is 30.3 Å². The molecule has 5 nitrogen and oxygen atoms in total. The van der Waals surface area contributed by atoms with Crippen molar-refractivity contribution in [2.24, 2.45) is 0 Å². The van der Waals surface area contributed by atoms with Crippen molar-refractivity contribution in [1.82, 2.24) is 9.55 Å². The Labute approximate surface area is 298 Å². The molecule has 0 aliphatic rings. The van der Waals surface area contributed by atoms with Gasteiger partial charge in [-0.2, -0.15) is 0 Å². The van der Waals surface area contributed by atoms with Crippen LogP contribution < -0.4 is 4.90 Å². The summed E-state index contributed by atoms with van der Waals surface area (Å²) in [6.07, 6.45) is 0. The molecule has 0 atom stereocenters. The topological polar surface area (TPSA) is 47.3 Å². The van der Waals surface area contributed by atoms with Gasteiger partial charge >= 0.3 is 0 Å². The lowest BCUT2D eigenvalue weighted by Gasteiger charge is -2.26. The van der Waals surface area contributed by atoms with Crippen molar-refractivity contribution in [3.05, 3.63) is 176 Å². The number of hydrogen-bond donors (Lipinski definition) is 0. The third-order valence-electron chi connectivity index (χ3n) is 10.2. The molecule has 52 heavy (non-hydrogen) atoms. The number of oxazole rings is 1. The van der Waals surface area contributed by atoms with Crippen LogP contribution in [0.4, 0.5) is 17.1 Å². The Morgan fingerprint density at radius 3 is 1.75 bits per heavy atom. The third-order valence-corrected chi connectivity index (χ3v) is 10.2. The van der Waals surface area contributed by atoms with Gasteiger partial charge in [-0.15, -0.1) is 0 Å². The molecule has 3 heterocycles. The number of nitrogens with zero attached hydrogens (tertiary/aromatic N) is 3. The highest BCUT2D eigenvalue weighted by Gasteiger charge is 2.18. The summed E-state index contributed by atoms with van der Waals surface area (Å²) in [5, 5.41) is 6.90. The maximum absolute atomic E-state index is 6.28. The van der Waals surface area contributed by atoms with Crippen LogP contribution >= 0.6 is 0 Å². The summed E-state index contributed by atoms with van der Waals surface area (Å²) in [5.74, 6) is 0.603. The third kappa shape index (κ3) is 4.39. The lowest BCUT2D eigenvalue weighted by Crippen LogP contribution is -2.10. The van der Waals surface area contributed by atoms with Gasteiger partial charge in [0, 0.05) is 55.2 Å². The SMILES string of the molecule is c1ccc2c(c1)ccc1oc(-c3ccc(N(c4ccc(-n5c6ccccc6c6ccccc65)cc4)c4ccc5oc6ccccc6c5c4)cc3)nc12. The van der Waals surface area contributed by atoms with Crippen LogP contribution in [0.15, 0.2) is 185 Å². The van der Waals surface area contributed by atoms with E-state index >= 15 is 0 Å². The number of fused-ring (bicyclic) bond motifs is 9. The van der Waals surface area contributed by atoms with Crippen LogP contribution in [0.5, 0.6) is 0 Å². The maximum atomic E-state index is 6.28. The van der Waals surface area contributed by atoms with Crippen LogP contribution in [0.2, 0.25) is 0 Å². The Bertz CT molecular complexity index is 3080. The molecule has 0 saturated heterocycles. The van der Waals surface area contributed by atoms with E-state index in [1.54, 1.807) is 0 Å². The first-order chi connectivity index (χ1) is 25.8. The molecule has 0 unspecified atom stereocenters. The minimum absolute atomic E-state index is 0.603. The van der Waals surface area contributed by atoms with Gasteiger partial charge in [-0.05, 0) is 96.4 Å². The van der Waals surface area contributed by atoms with Crippen molar-refractivity contribution in [3.8, 4) is 17.1 Å². The zero-order valence-electron chi connectivity index (χ0n) is 27.9. The lowest BCUT2D eigenvalue weighted by atomic mass is 10.1. The minimum Gasteiger partial charge on any atom is -0.456 e. The van der Waals surface area contributed by atoms with Crippen molar-refractivity contribution in [1.29, 1.82) is 0 Å². The van der Waals surface area contributed by atoms with Crippen molar-refractivity contribution in [3.63, 3.8) is 0 Å². The molecule has 11 rings (SSSR count). The van der Waals surface area contributed by atoms with Gasteiger partial charge in [0.2, 0.25) is 5.89 Å². The Kier molecular flexibility index (Phi) is 6.18. The van der Waals surface area contributed by atoms with Crippen molar-refractivity contribution < 1.29 is 8.83 Å². The van der Waals surface area contributed by atoms with E-state index in [9.17, 15) is 0 Å². The summed E-state index contributed by atoms with van der Waals surface area (Å²) in [7, 11) is 0. The Balaban J connectivity index is 1.04. The summed E-state index contributed by atoms with van der Waals surface area (Å²) in [6.45, 7) is 0. The predicted molar refractivity (Wildman–Crippen MR) is 213 cm³/mol. The van der Waals surface area contributed by atoms with Gasteiger partial charge in [-0.25, -0.2) is 4.98 Å². The number of aromatic nitrogens is 2. The molecular formula is C47H29N3O2. The van der Waals surface area contributed by atoms with Crippen LogP contribution in [-0.4, -0.2) is 9.55 Å². The summed E-state index contributed by atoms with van der Waals surface area (Å²) >= 11 is 0. The molecular weight excluding hydrogens is 639 g/mol. The Morgan fingerprint density at radius 2 is 1.00 bits per heavy atom. The molecule has 0 N–H and O–H groups in total. The molecule has 0 bridgehead atoms. The van der Waals surface area contributed by atoms with Crippen LogP contribution in [0, 0.1) is 0 Å². The lowest BCUT2D eigenvalue weighted by molar-refractivity contribution is 0.620. The first-order valence-electron chi connectivity index (χ1n) is 17.5. The van der Waals surface area contributed by atoms with E-state index in [0.29, 0.717) is 5.89 Å². The molecule has 0 fully saturated rings. The minimum atomic E-state index is 0.603. The van der Waals surface area contributed by atoms with Gasteiger partial charge < -0.3 is 18.3 Å². The van der Waals surface area contributed by atoms with Gasteiger partial charge in [-0.3, -0.25) is 0 Å². The first-order valence-corrected chi connectivity index (χ1v) is 17.5. The standard InChI is InChI=1S/C47H29N3O2/c1-2-10-36-30(9-1)19-27-45-46(36)48-47(52-45)31-17-20-32(21-18-31)49(35-26-28-44-40(29-35)39-13-5-8-16-43(39)51-44)33-22-24-34(25-23-33)50-41-14-6-3-11-37(41)38-12-4-7-15-42(38)50/h1-29H. The average Bonchev–Trinajstić information content (AvgIpc) is 3.91. The second-order valence-electron chi connectivity index (χ2n) is 13.2. The van der Waals surface area contributed by atoms with E-state index in [0.717, 1.165) is 72.1 Å². The van der Waals surface area contributed by atoms with Gasteiger partial charge in [-0.1, -0.05) is 84.9 Å². The monoisotopic (exact) mass is 667 g/mol. The van der Waals surface area contributed by atoms with Crippen molar-refractivity contribution in [2.45, 2.75) is 0 Å². The largest absolute Gasteiger partial charge is 0.456 e. The number of anilines is 3. The van der Waals surface area contributed by atoms with Crippen LogP contribution in [0.3, 0.4) is 0 Å². The summed E-state index contributed by atoms with van der Waals surface area (Å²) in [4.78, 5) is 7.24. The van der Waals surface area contributed by atoms with Crippen LogP contribution in [-0.2, 0) is 0 Å². The van der Waals surface area contributed by atoms with Crippen LogP contribution in [0.25, 0.3) is 82.8 Å². The molecule has 244 valence electrons. The highest BCUT2D eigenvalue weighted by atomic mass is 16.3. The maximum Gasteiger partial charge on any atom is 0.227 e. The van der Waals surface area contributed by atoms with Gasteiger partial charge in [0.15, 0.2) is 5.58 Å². The van der Waals surface area contributed by atoms with E-state index in [4.69, 9.17) is 13.8 Å². The Morgan fingerprint density at radius 1 is 0.423 bits per heavy atom. The van der Waals surface area contributed by atoms with E-state index in [1.165, 1.54) is 21.8 Å². The summed E-state index contributed by atoms with van der Waals surface area (Å²) in [5.41, 5.74) is 10.9. The highest BCUT2D eigenvalue weighted by Crippen LogP contribution is 2.41. The highest BCUT2D eigenvalue weighted by molar-refractivity contribution is 6.09. The zero-order valence-corrected chi connectivity index (χ0v) is 27.9. The molecule has 3 aromatic heterocycles. The van der Waals surface area contributed by atoms with Crippen molar-refractivity contribution >= 4 is 82.7 Å². The molecule has 0 aliphatic carbocycles. The summed E-state index contributed by atoms with van der Waals surface area (Å²) < 4.78 is 14.8. The zero-order chi connectivity index (χ0) is 34.2. The smallest absolute Gasteiger partial charge is 0.227 e.